The molecule has 1 heterocycles. The van der Waals surface area contributed by atoms with Crippen molar-refractivity contribution in [3.63, 3.8) is 0 Å². The van der Waals surface area contributed by atoms with Crippen LogP contribution in [0.5, 0.6) is 0 Å². The molecule has 0 aromatic heterocycles. The molecular formula is C25H35IN4O2. The van der Waals surface area contributed by atoms with Crippen LogP contribution in [-0.2, 0) is 16.6 Å². The summed E-state index contributed by atoms with van der Waals surface area (Å²) in [6.07, 6.45) is 2.80. The van der Waals surface area contributed by atoms with Gasteiger partial charge in [0.1, 0.15) is 0 Å². The Balaban J connectivity index is 0.00000363. The van der Waals surface area contributed by atoms with Crippen LogP contribution in [0.25, 0.3) is 0 Å². The Morgan fingerprint density at radius 3 is 2.44 bits per heavy atom. The summed E-state index contributed by atoms with van der Waals surface area (Å²) < 4.78 is 5.63. The van der Waals surface area contributed by atoms with Crippen molar-refractivity contribution in [2.75, 3.05) is 47.4 Å². The molecule has 0 bridgehead atoms. The van der Waals surface area contributed by atoms with E-state index in [9.17, 15) is 4.79 Å². The first-order valence-electron chi connectivity index (χ1n) is 10.9. The van der Waals surface area contributed by atoms with Gasteiger partial charge in [0.25, 0.3) is 5.91 Å². The first kappa shape index (κ1) is 26.1. The maximum Gasteiger partial charge on any atom is 0.253 e. The normalized spacial score (nSPS) is 15.4. The average molecular weight is 550 g/mol. The Labute approximate surface area is 208 Å². The summed E-state index contributed by atoms with van der Waals surface area (Å²) >= 11 is 0. The molecule has 0 saturated carbocycles. The lowest BCUT2D eigenvalue weighted by Crippen LogP contribution is -2.48. The summed E-state index contributed by atoms with van der Waals surface area (Å²) in [5.41, 5.74) is 3.25. The highest BCUT2D eigenvalue weighted by Crippen LogP contribution is 2.34. The van der Waals surface area contributed by atoms with Crippen molar-refractivity contribution in [3.8, 4) is 0 Å². The quantitative estimate of drug-likeness (QED) is 0.315. The maximum absolute atomic E-state index is 12.2. The molecule has 32 heavy (non-hydrogen) atoms. The second-order valence-corrected chi connectivity index (χ2v) is 8.26. The van der Waals surface area contributed by atoms with E-state index in [0.717, 1.165) is 57.1 Å². The number of benzene rings is 2. The summed E-state index contributed by atoms with van der Waals surface area (Å²) in [7, 11) is 5.34. The van der Waals surface area contributed by atoms with Crippen LogP contribution in [-0.4, -0.2) is 64.2 Å². The van der Waals surface area contributed by atoms with Crippen LogP contribution in [0.3, 0.4) is 0 Å². The van der Waals surface area contributed by atoms with Gasteiger partial charge in [-0.15, -0.1) is 24.0 Å². The largest absolute Gasteiger partial charge is 0.381 e. The summed E-state index contributed by atoms with van der Waals surface area (Å²) in [4.78, 5) is 18.2. The van der Waals surface area contributed by atoms with E-state index >= 15 is 0 Å². The fraction of sp³-hybridized carbons (Fsp3) is 0.440. The molecule has 2 aromatic rings. The van der Waals surface area contributed by atoms with E-state index in [1.54, 1.807) is 26.0 Å². The topological polar surface area (TPSA) is 66.0 Å². The minimum Gasteiger partial charge on any atom is -0.381 e. The van der Waals surface area contributed by atoms with Crippen molar-refractivity contribution in [1.82, 2.24) is 15.5 Å². The average Bonchev–Trinajstić information content (AvgIpc) is 2.82. The van der Waals surface area contributed by atoms with Crippen LogP contribution in [0.2, 0.25) is 0 Å². The summed E-state index contributed by atoms with van der Waals surface area (Å²) in [5, 5.41) is 6.94. The fourth-order valence-corrected chi connectivity index (χ4v) is 4.04. The Kier molecular flexibility index (Phi) is 10.4. The van der Waals surface area contributed by atoms with Gasteiger partial charge in [0.15, 0.2) is 5.96 Å². The Bertz CT molecular complexity index is 881. The van der Waals surface area contributed by atoms with E-state index in [-0.39, 0.29) is 35.3 Å². The second kappa shape index (κ2) is 12.8. The maximum atomic E-state index is 12.2. The van der Waals surface area contributed by atoms with Gasteiger partial charge < -0.3 is 20.3 Å². The number of amides is 1. The number of nitrogens with zero attached hydrogens (tertiary/aromatic N) is 2. The van der Waals surface area contributed by atoms with Gasteiger partial charge in [-0.3, -0.25) is 9.79 Å². The van der Waals surface area contributed by atoms with Crippen molar-refractivity contribution in [3.05, 3.63) is 71.3 Å². The van der Waals surface area contributed by atoms with Gasteiger partial charge in [-0.1, -0.05) is 42.5 Å². The molecular weight excluding hydrogens is 515 g/mol. The van der Waals surface area contributed by atoms with Crippen LogP contribution in [0, 0.1) is 0 Å². The molecule has 1 fully saturated rings. The zero-order valence-electron chi connectivity index (χ0n) is 19.3. The molecule has 1 saturated heterocycles. The molecule has 1 aliphatic rings. The van der Waals surface area contributed by atoms with Crippen molar-refractivity contribution >= 4 is 35.8 Å². The number of ether oxygens (including phenoxy) is 1. The van der Waals surface area contributed by atoms with Gasteiger partial charge in [0, 0.05) is 58.4 Å². The highest BCUT2D eigenvalue weighted by atomic mass is 127. The summed E-state index contributed by atoms with van der Waals surface area (Å²) in [5.74, 6) is 0.817. The van der Waals surface area contributed by atoms with E-state index < -0.39 is 0 Å². The molecule has 2 aromatic carbocycles. The van der Waals surface area contributed by atoms with E-state index in [2.05, 4.69) is 52.0 Å². The molecule has 1 amide bonds. The number of carbonyl (C=O) groups is 1. The van der Waals surface area contributed by atoms with E-state index in [1.165, 1.54) is 5.56 Å². The molecule has 2 N–H and O–H groups in total. The SMILES string of the molecule is CN=C(NCCc1cccc(C(=O)N(C)C)c1)NCC1(c2ccccc2)CCOCC1.I. The standard InChI is InChI=1S/C25H34N4O2.HI/c1-26-24(27-15-12-20-8-7-9-21(18-20)23(30)29(2)3)28-19-25(13-16-31-17-14-25)22-10-5-4-6-11-22;/h4-11,18H,12-17,19H2,1-3H3,(H2,26,27,28);1H. The fourth-order valence-electron chi connectivity index (χ4n) is 4.04. The molecule has 0 atom stereocenters. The molecule has 0 unspecified atom stereocenters. The first-order valence-corrected chi connectivity index (χ1v) is 10.9. The molecule has 6 nitrogen and oxygen atoms in total. The van der Waals surface area contributed by atoms with Gasteiger partial charge >= 0.3 is 0 Å². The third-order valence-electron chi connectivity index (χ3n) is 5.94. The third-order valence-corrected chi connectivity index (χ3v) is 5.94. The van der Waals surface area contributed by atoms with Crippen molar-refractivity contribution in [1.29, 1.82) is 0 Å². The second-order valence-electron chi connectivity index (χ2n) is 8.26. The minimum absolute atomic E-state index is 0. The predicted octanol–water partition coefficient (Wildman–Crippen LogP) is 3.46. The molecule has 3 rings (SSSR count). The monoisotopic (exact) mass is 550 g/mol. The van der Waals surface area contributed by atoms with E-state index in [0.29, 0.717) is 5.56 Å². The predicted molar refractivity (Wildman–Crippen MR) is 141 cm³/mol. The smallest absolute Gasteiger partial charge is 0.253 e. The molecule has 1 aliphatic heterocycles. The molecule has 7 heteroatoms. The van der Waals surface area contributed by atoms with Gasteiger partial charge in [-0.25, -0.2) is 0 Å². The van der Waals surface area contributed by atoms with Crippen LogP contribution < -0.4 is 10.6 Å². The number of rotatable bonds is 7. The zero-order valence-corrected chi connectivity index (χ0v) is 21.6. The van der Waals surface area contributed by atoms with Crippen molar-refractivity contribution < 1.29 is 9.53 Å². The number of hydrogen-bond acceptors (Lipinski definition) is 3. The number of carbonyl (C=O) groups excluding carboxylic acids is 1. The zero-order chi connectivity index (χ0) is 22.1. The van der Waals surface area contributed by atoms with Gasteiger partial charge in [-0.05, 0) is 42.5 Å². The number of guanidine groups is 1. The number of halogens is 1. The molecule has 174 valence electrons. The highest BCUT2D eigenvalue weighted by Gasteiger charge is 2.34. The minimum atomic E-state index is 0. The van der Waals surface area contributed by atoms with E-state index in [1.807, 2.05) is 18.2 Å². The Morgan fingerprint density at radius 2 is 1.78 bits per heavy atom. The molecule has 0 radical (unpaired) electrons. The van der Waals surface area contributed by atoms with Crippen LogP contribution in [0.1, 0.15) is 34.3 Å². The van der Waals surface area contributed by atoms with Crippen LogP contribution in [0.4, 0.5) is 0 Å². The number of nitrogens with one attached hydrogen (secondary N) is 2. The van der Waals surface area contributed by atoms with Crippen molar-refractivity contribution in [2.24, 2.45) is 4.99 Å². The summed E-state index contributed by atoms with van der Waals surface area (Å²) in [6, 6.07) is 18.5. The Morgan fingerprint density at radius 1 is 1.06 bits per heavy atom. The Hall–Kier alpha value is -2.13. The third kappa shape index (κ3) is 6.93. The first-order chi connectivity index (χ1) is 15.0. The number of aliphatic imine (C=N–C) groups is 1. The number of hydrogen-bond donors (Lipinski definition) is 2. The van der Waals surface area contributed by atoms with Gasteiger partial charge in [0.2, 0.25) is 0 Å². The van der Waals surface area contributed by atoms with Crippen LogP contribution >= 0.6 is 24.0 Å². The lowest BCUT2D eigenvalue weighted by Gasteiger charge is -2.38. The van der Waals surface area contributed by atoms with Gasteiger partial charge in [-0.2, -0.15) is 0 Å². The summed E-state index contributed by atoms with van der Waals surface area (Å²) in [6.45, 7) is 3.11. The van der Waals surface area contributed by atoms with Crippen LogP contribution in [0.15, 0.2) is 59.6 Å². The lowest BCUT2D eigenvalue weighted by atomic mass is 9.74. The molecule has 0 aliphatic carbocycles. The van der Waals surface area contributed by atoms with Crippen molar-refractivity contribution in [2.45, 2.75) is 24.7 Å². The highest BCUT2D eigenvalue weighted by molar-refractivity contribution is 14.0. The van der Waals surface area contributed by atoms with E-state index in [4.69, 9.17) is 4.74 Å². The lowest BCUT2D eigenvalue weighted by molar-refractivity contribution is 0.0514. The molecule has 0 spiro atoms. The van der Waals surface area contributed by atoms with Gasteiger partial charge in [0.05, 0.1) is 0 Å².